The van der Waals surface area contributed by atoms with Gasteiger partial charge < -0.3 is 9.47 Å². The van der Waals surface area contributed by atoms with E-state index in [0.29, 0.717) is 19.0 Å². The number of ether oxygens (including phenoxy) is 2. The van der Waals surface area contributed by atoms with Gasteiger partial charge in [-0.2, -0.15) is 0 Å². The fourth-order valence-electron chi connectivity index (χ4n) is 0.875. The third-order valence-electron chi connectivity index (χ3n) is 1.37. The van der Waals surface area contributed by atoms with Gasteiger partial charge in [0, 0.05) is 0 Å². The molecule has 0 saturated carbocycles. The highest BCUT2D eigenvalue weighted by atomic mass is 16.7. The molecule has 0 aromatic heterocycles. The highest BCUT2D eigenvalue weighted by Crippen LogP contribution is 2.10. The van der Waals surface area contributed by atoms with Crippen molar-refractivity contribution in [2.45, 2.75) is 32.5 Å². The maximum absolute atomic E-state index is 5.13. The van der Waals surface area contributed by atoms with E-state index >= 15 is 0 Å². The fourth-order valence-corrected chi connectivity index (χ4v) is 0.875. The summed E-state index contributed by atoms with van der Waals surface area (Å²) in [6.07, 6.45) is 1.80. The quantitative estimate of drug-likeness (QED) is 0.472. The third kappa shape index (κ3) is 1.46. The summed E-state index contributed by atoms with van der Waals surface area (Å²) in [5.41, 5.74) is 0. The van der Waals surface area contributed by atoms with Gasteiger partial charge in [-0.3, -0.25) is 0 Å². The predicted molar refractivity (Wildman–Crippen MR) is 30.6 cm³/mol. The third-order valence-corrected chi connectivity index (χ3v) is 1.37. The van der Waals surface area contributed by atoms with Crippen LogP contribution in [0.3, 0.4) is 0 Å². The first-order valence-electron chi connectivity index (χ1n) is 3.02. The van der Waals surface area contributed by atoms with Crippen LogP contribution in [0.1, 0.15) is 20.3 Å². The molecule has 0 N–H and O–H groups in total. The van der Waals surface area contributed by atoms with E-state index in [-0.39, 0.29) is 0 Å². The molecule has 1 aliphatic heterocycles. The van der Waals surface area contributed by atoms with Gasteiger partial charge in [0.15, 0.2) is 0 Å². The van der Waals surface area contributed by atoms with Crippen molar-refractivity contribution in [3.05, 3.63) is 0 Å². The molecule has 1 saturated heterocycles. The molecule has 2 unspecified atom stereocenters. The molecule has 0 aromatic carbocycles. The molecule has 1 fully saturated rings. The van der Waals surface area contributed by atoms with Crippen LogP contribution in [-0.4, -0.2) is 19.0 Å². The molecule has 48 valence electrons. The van der Waals surface area contributed by atoms with E-state index in [1.807, 2.05) is 0 Å². The Bertz CT molecular complexity index is 64.9. The minimum absolute atomic E-state index is 0.388. The second-order valence-corrected chi connectivity index (χ2v) is 2.31. The first-order valence-corrected chi connectivity index (χ1v) is 3.02. The number of rotatable bonds is 0. The smallest absolute Gasteiger partial charge is 0.147 e. The summed E-state index contributed by atoms with van der Waals surface area (Å²) in [7, 11) is 0. The SMILES string of the molecule is CC1CC(C)OCO1. The number of hydrogen-bond acceptors (Lipinski definition) is 2. The molecule has 2 atom stereocenters. The summed E-state index contributed by atoms with van der Waals surface area (Å²) in [6.45, 7) is 4.61. The van der Waals surface area contributed by atoms with Crippen molar-refractivity contribution in [1.29, 1.82) is 0 Å². The van der Waals surface area contributed by atoms with Gasteiger partial charge in [0.05, 0.1) is 12.2 Å². The van der Waals surface area contributed by atoms with E-state index in [0.717, 1.165) is 6.42 Å². The predicted octanol–water partition coefficient (Wildman–Crippen LogP) is 1.16. The average Bonchev–Trinajstić information content (AvgIpc) is 1.64. The van der Waals surface area contributed by atoms with Gasteiger partial charge in [-0.15, -0.1) is 0 Å². The van der Waals surface area contributed by atoms with E-state index in [1.54, 1.807) is 0 Å². The van der Waals surface area contributed by atoms with Crippen molar-refractivity contribution < 1.29 is 9.47 Å². The van der Waals surface area contributed by atoms with Crippen molar-refractivity contribution >= 4 is 0 Å². The molecule has 2 heteroatoms. The van der Waals surface area contributed by atoms with Crippen LogP contribution >= 0.6 is 0 Å². The highest BCUT2D eigenvalue weighted by molar-refractivity contribution is 4.59. The summed E-state index contributed by atoms with van der Waals surface area (Å²) in [5, 5.41) is 0. The molecule has 0 bridgehead atoms. The molecule has 0 aliphatic carbocycles. The zero-order chi connectivity index (χ0) is 5.98. The van der Waals surface area contributed by atoms with Crippen LogP contribution in [0.15, 0.2) is 0 Å². The molecule has 0 spiro atoms. The first kappa shape index (κ1) is 6.05. The lowest BCUT2D eigenvalue weighted by molar-refractivity contribution is -0.164. The standard InChI is InChI=1S/C6H12O2/c1-5-3-6(2)8-4-7-5/h5-6H,3-4H2,1-2H3. The van der Waals surface area contributed by atoms with E-state index in [1.165, 1.54) is 0 Å². The molecule has 1 aliphatic rings. The topological polar surface area (TPSA) is 18.5 Å². The van der Waals surface area contributed by atoms with E-state index in [9.17, 15) is 0 Å². The Kier molecular flexibility index (Phi) is 1.86. The summed E-state index contributed by atoms with van der Waals surface area (Å²) < 4.78 is 10.3. The number of hydrogen-bond donors (Lipinski definition) is 0. The minimum atomic E-state index is 0.388. The van der Waals surface area contributed by atoms with Crippen LogP contribution in [0, 0.1) is 0 Å². The maximum atomic E-state index is 5.13. The lowest BCUT2D eigenvalue weighted by Gasteiger charge is -2.24. The molecule has 1 rings (SSSR count). The lowest BCUT2D eigenvalue weighted by atomic mass is 10.2. The van der Waals surface area contributed by atoms with Gasteiger partial charge in [0.1, 0.15) is 6.79 Å². The zero-order valence-corrected chi connectivity index (χ0v) is 5.39. The van der Waals surface area contributed by atoms with Crippen LogP contribution in [0.5, 0.6) is 0 Å². The Hall–Kier alpha value is -0.0800. The minimum Gasteiger partial charge on any atom is -0.352 e. The average molecular weight is 116 g/mol. The lowest BCUT2D eigenvalue weighted by Crippen LogP contribution is -2.26. The van der Waals surface area contributed by atoms with Crippen molar-refractivity contribution in [2.75, 3.05) is 6.79 Å². The van der Waals surface area contributed by atoms with Gasteiger partial charge in [-0.05, 0) is 20.3 Å². The van der Waals surface area contributed by atoms with E-state index in [4.69, 9.17) is 9.47 Å². The van der Waals surface area contributed by atoms with Gasteiger partial charge in [0.25, 0.3) is 0 Å². The zero-order valence-electron chi connectivity index (χ0n) is 5.39. The molecule has 8 heavy (non-hydrogen) atoms. The van der Waals surface area contributed by atoms with Gasteiger partial charge >= 0.3 is 0 Å². The molecular weight excluding hydrogens is 104 g/mol. The Labute approximate surface area is 49.8 Å². The normalized spacial score (nSPS) is 39.8. The second-order valence-electron chi connectivity index (χ2n) is 2.31. The van der Waals surface area contributed by atoms with Crippen molar-refractivity contribution in [1.82, 2.24) is 0 Å². The largest absolute Gasteiger partial charge is 0.352 e. The first-order chi connectivity index (χ1) is 3.79. The van der Waals surface area contributed by atoms with Crippen molar-refractivity contribution in [3.63, 3.8) is 0 Å². The Morgan fingerprint density at radius 3 is 1.88 bits per heavy atom. The van der Waals surface area contributed by atoms with E-state index in [2.05, 4.69) is 13.8 Å². The maximum Gasteiger partial charge on any atom is 0.147 e. The Balaban J connectivity index is 2.23. The second kappa shape index (κ2) is 2.46. The summed E-state index contributed by atoms with van der Waals surface area (Å²) in [5.74, 6) is 0. The molecule has 2 nitrogen and oxygen atoms in total. The summed E-state index contributed by atoms with van der Waals surface area (Å²) in [4.78, 5) is 0. The summed E-state index contributed by atoms with van der Waals surface area (Å²) in [6, 6.07) is 0. The van der Waals surface area contributed by atoms with Gasteiger partial charge in [-0.1, -0.05) is 0 Å². The Morgan fingerprint density at radius 1 is 1.12 bits per heavy atom. The van der Waals surface area contributed by atoms with E-state index < -0.39 is 0 Å². The molecule has 0 aromatic rings. The molecule has 0 radical (unpaired) electrons. The van der Waals surface area contributed by atoms with Gasteiger partial charge in [-0.25, -0.2) is 0 Å². The van der Waals surface area contributed by atoms with Gasteiger partial charge in [0.2, 0.25) is 0 Å². The highest BCUT2D eigenvalue weighted by Gasteiger charge is 2.14. The molecular formula is C6H12O2. The van der Waals surface area contributed by atoms with Crippen LogP contribution in [0.25, 0.3) is 0 Å². The monoisotopic (exact) mass is 116 g/mol. The van der Waals surface area contributed by atoms with Crippen LogP contribution in [0.2, 0.25) is 0 Å². The molecule has 0 amide bonds. The van der Waals surface area contributed by atoms with Crippen LogP contribution in [0.4, 0.5) is 0 Å². The van der Waals surface area contributed by atoms with Crippen molar-refractivity contribution in [3.8, 4) is 0 Å². The fraction of sp³-hybridized carbons (Fsp3) is 1.00. The summed E-state index contributed by atoms with van der Waals surface area (Å²) >= 11 is 0. The molecule has 1 heterocycles. The Morgan fingerprint density at radius 2 is 1.62 bits per heavy atom. The van der Waals surface area contributed by atoms with Crippen molar-refractivity contribution in [2.24, 2.45) is 0 Å². The van der Waals surface area contributed by atoms with Crippen LogP contribution < -0.4 is 0 Å². The van der Waals surface area contributed by atoms with Crippen LogP contribution in [-0.2, 0) is 9.47 Å².